The second-order valence-corrected chi connectivity index (χ2v) is 3.84. The van der Waals surface area contributed by atoms with E-state index in [1.54, 1.807) is 0 Å². The molecule has 0 spiro atoms. The van der Waals surface area contributed by atoms with Crippen LogP contribution in [0.25, 0.3) is 0 Å². The molecule has 62 valence electrons. The van der Waals surface area contributed by atoms with Crippen molar-refractivity contribution in [3.05, 3.63) is 0 Å². The van der Waals surface area contributed by atoms with Gasteiger partial charge in [-0.2, -0.15) is 0 Å². The third-order valence-electron chi connectivity index (χ3n) is 2.93. The molecule has 2 fully saturated rings. The lowest BCUT2D eigenvalue weighted by molar-refractivity contribution is -0.122. The fraction of sp³-hybridized carbons (Fsp3) is 0.889. The van der Waals surface area contributed by atoms with Crippen LogP contribution in [0.5, 0.6) is 0 Å². The van der Waals surface area contributed by atoms with Crippen molar-refractivity contribution in [2.75, 3.05) is 0 Å². The largest absolute Gasteiger partial charge is 0.353 e. The lowest BCUT2D eigenvalue weighted by atomic mass is 9.97. The highest BCUT2D eigenvalue weighted by Gasteiger charge is 2.25. The lowest BCUT2D eigenvalue weighted by Crippen LogP contribution is -2.33. The highest BCUT2D eigenvalue weighted by atomic mass is 16.1. The Morgan fingerprint density at radius 3 is 3.00 bits per heavy atom. The van der Waals surface area contributed by atoms with E-state index in [-0.39, 0.29) is 5.91 Å². The molecule has 2 unspecified atom stereocenters. The van der Waals surface area contributed by atoms with Crippen LogP contribution in [0.15, 0.2) is 0 Å². The van der Waals surface area contributed by atoms with E-state index in [0.29, 0.717) is 12.0 Å². The molecular weight excluding hydrogens is 138 g/mol. The minimum Gasteiger partial charge on any atom is -0.353 e. The topological polar surface area (TPSA) is 29.1 Å². The monoisotopic (exact) mass is 153 g/mol. The zero-order valence-corrected chi connectivity index (χ0v) is 6.81. The van der Waals surface area contributed by atoms with Crippen molar-refractivity contribution in [1.29, 1.82) is 0 Å². The average molecular weight is 153 g/mol. The third-order valence-corrected chi connectivity index (χ3v) is 2.93. The molecule has 2 nitrogen and oxygen atoms in total. The fourth-order valence-electron chi connectivity index (χ4n) is 2.28. The van der Waals surface area contributed by atoms with Crippen molar-refractivity contribution in [3.63, 3.8) is 0 Å². The van der Waals surface area contributed by atoms with Crippen LogP contribution >= 0.6 is 0 Å². The zero-order chi connectivity index (χ0) is 7.68. The van der Waals surface area contributed by atoms with Crippen LogP contribution in [0, 0.1) is 5.92 Å². The molecule has 1 amide bonds. The van der Waals surface area contributed by atoms with E-state index in [9.17, 15) is 4.79 Å². The van der Waals surface area contributed by atoms with Gasteiger partial charge in [0.1, 0.15) is 0 Å². The van der Waals surface area contributed by atoms with Crippen LogP contribution < -0.4 is 5.32 Å². The molecule has 1 saturated carbocycles. The first-order valence-electron chi connectivity index (χ1n) is 4.64. The lowest BCUT2D eigenvalue weighted by Gasteiger charge is -2.16. The van der Waals surface area contributed by atoms with Gasteiger partial charge in [0.05, 0.1) is 0 Å². The van der Waals surface area contributed by atoms with Crippen molar-refractivity contribution >= 4 is 5.91 Å². The molecule has 2 aliphatic rings. The summed E-state index contributed by atoms with van der Waals surface area (Å²) < 4.78 is 0. The van der Waals surface area contributed by atoms with Crippen molar-refractivity contribution in [2.45, 2.75) is 44.6 Å². The molecule has 0 aromatic carbocycles. The summed E-state index contributed by atoms with van der Waals surface area (Å²) in [6.07, 6.45) is 7.08. The van der Waals surface area contributed by atoms with E-state index in [4.69, 9.17) is 0 Å². The van der Waals surface area contributed by atoms with Gasteiger partial charge < -0.3 is 5.32 Å². The third kappa shape index (κ3) is 1.55. The molecule has 2 bridgehead atoms. The molecule has 0 aromatic heterocycles. The minimum atomic E-state index is 0.289. The Labute approximate surface area is 67.4 Å². The summed E-state index contributed by atoms with van der Waals surface area (Å²) in [5, 5.41) is 3.07. The molecule has 2 heteroatoms. The Morgan fingerprint density at radius 1 is 1.18 bits per heavy atom. The van der Waals surface area contributed by atoms with Gasteiger partial charge in [0.15, 0.2) is 0 Å². The van der Waals surface area contributed by atoms with Crippen molar-refractivity contribution in [2.24, 2.45) is 5.92 Å². The van der Waals surface area contributed by atoms with Crippen LogP contribution in [0.1, 0.15) is 38.5 Å². The summed E-state index contributed by atoms with van der Waals surface area (Å²) in [7, 11) is 0. The number of fused-ring (bicyclic) bond motifs is 3. The molecule has 2 atom stereocenters. The zero-order valence-electron chi connectivity index (χ0n) is 6.81. The maximum absolute atomic E-state index is 11.2. The number of carbonyl (C=O) groups excluding carboxylic acids is 1. The second kappa shape index (κ2) is 2.84. The Hall–Kier alpha value is -0.530. The maximum Gasteiger partial charge on any atom is 0.220 e. The molecule has 0 aromatic rings. The predicted molar refractivity (Wildman–Crippen MR) is 43.1 cm³/mol. The van der Waals surface area contributed by atoms with Gasteiger partial charge in [0.2, 0.25) is 5.91 Å². The summed E-state index contributed by atoms with van der Waals surface area (Å²) in [4.78, 5) is 11.2. The second-order valence-electron chi connectivity index (χ2n) is 3.84. The summed E-state index contributed by atoms with van der Waals surface area (Å²) in [5.74, 6) is 0.986. The van der Waals surface area contributed by atoms with Gasteiger partial charge in [-0.05, 0) is 31.6 Å². The fourth-order valence-corrected chi connectivity index (χ4v) is 2.28. The average Bonchev–Trinajstić information content (AvgIpc) is 2.19. The molecule has 1 aliphatic carbocycles. The number of carbonyl (C=O) groups is 1. The van der Waals surface area contributed by atoms with Crippen LogP contribution in [-0.4, -0.2) is 11.9 Å². The number of hydrogen-bond donors (Lipinski definition) is 1. The van der Waals surface area contributed by atoms with Crippen LogP contribution in [-0.2, 0) is 4.79 Å². The van der Waals surface area contributed by atoms with E-state index < -0.39 is 0 Å². The summed E-state index contributed by atoms with van der Waals surface area (Å²) in [6.45, 7) is 0. The summed E-state index contributed by atoms with van der Waals surface area (Å²) in [5.41, 5.74) is 0. The van der Waals surface area contributed by atoms with Crippen LogP contribution in [0.4, 0.5) is 0 Å². The quantitative estimate of drug-likeness (QED) is 0.560. The van der Waals surface area contributed by atoms with E-state index in [0.717, 1.165) is 6.42 Å². The van der Waals surface area contributed by atoms with E-state index >= 15 is 0 Å². The molecule has 0 radical (unpaired) electrons. The first-order chi connectivity index (χ1) is 5.34. The van der Waals surface area contributed by atoms with Gasteiger partial charge in [-0.1, -0.05) is 6.42 Å². The number of nitrogens with one attached hydrogen (secondary N) is 1. The number of amides is 1. The van der Waals surface area contributed by atoms with Gasteiger partial charge in [-0.25, -0.2) is 0 Å². The summed E-state index contributed by atoms with van der Waals surface area (Å²) in [6, 6.07) is 0.509. The van der Waals surface area contributed by atoms with E-state index in [1.165, 1.54) is 32.1 Å². The minimum absolute atomic E-state index is 0.289. The first kappa shape index (κ1) is 7.14. The van der Waals surface area contributed by atoms with E-state index in [1.807, 2.05) is 0 Å². The molecule has 1 aliphatic heterocycles. The Bertz CT molecular complexity index is 151. The SMILES string of the molecule is O=C1CC2CCCC(CC2)N1. The molecule has 1 heterocycles. The standard InChI is InChI=1S/C9H15NO/c11-9-6-7-2-1-3-8(10-9)5-4-7/h7-8H,1-6H2,(H,10,11). The molecule has 1 N–H and O–H groups in total. The van der Waals surface area contributed by atoms with Crippen molar-refractivity contribution in [3.8, 4) is 0 Å². The Kier molecular flexibility index (Phi) is 1.84. The van der Waals surface area contributed by atoms with Crippen molar-refractivity contribution < 1.29 is 4.79 Å². The predicted octanol–water partition coefficient (Wildman–Crippen LogP) is 1.46. The first-order valence-corrected chi connectivity index (χ1v) is 4.64. The number of rotatable bonds is 0. The van der Waals surface area contributed by atoms with Crippen LogP contribution in [0.2, 0.25) is 0 Å². The van der Waals surface area contributed by atoms with Gasteiger partial charge in [0, 0.05) is 12.5 Å². The highest BCUT2D eigenvalue weighted by Crippen LogP contribution is 2.28. The van der Waals surface area contributed by atoms with Gasteiger partial charge in [-0.15, -0.1) is 0 Å². The van der Waals surface area contributed by atoms with Crippen LogP contribution in [0.3, 0.4) is 0 Å². The highest BCUT2D eigenvalue weighted by molar-refractivity contribution is 5.76. The number of hydrogen-bond acceptors (Lipinski definition) is 1. The van der Waals surface area contributed by atoms with Crippen molar-refractivity contribution in [1.82, 2.24) is 5.32 Å². The smallest absolute Gasteiger partial charge is 0.220 e. The Morgan fingerprint density at radius 2 is 2.09 bits per heavy atom. The van der Waals surface area contributed by atoms with Gasteiger partial charge >= 0.3 is 0 Å². The van der Waals surface area contributed by atoms with Gasteiger partial charge in [-0.3, -0.25) is 4.79 Å². The normalized spacial score (nSPS) is 37.6. The Balaban J connectivity index is 2.10. The summed E-state index contributed by atoms with van der Waals surface area (Å²) >= 11 is 0. The van der Waals surface area contributed by atoms with E-state index in [2.05, 4.69) is 5.32 Å². The molecule has 11 heavy (non-hydrogen) atoms. The maximum atomic E-state index is 11.2. The van der Waals surface area contributed by atoms with Gasteiger partial charge in [0.25, 0.3) is 0 Å². The molecular formula is C9H15NO. The molecule has 1 saturated heterocycles. The molecule has 2 rings (SSSR count).